The van der Waals surface area contributed by atoms with E-state index in [0.717, 1.165) is 11.4 Å². The molecule has 1 rings (SSSR count). The van der Waals surface area contributed by atoms with Gasteiger partial charge in [0.05, 0.1) is 0 Å². The lowest BCUT2D eigenvalue weighted by Crippen LogP contribution is -1.88. The number of aromatic nitrogens is 1. The molecule has 0 unspecified atom stereocenters. The van der Waals surface area contributed by atoms with Gasteiger partial charge < -0.3 is 0 Å². The Kier molecular flexibility index (Phi) is 2.75. The third kappa shape index (κ3) is 1.74. The van der Waals surface area contributed by atoms with Gasteiger partial charge in [0.15, 0.2) is 0 Å². The molecule has 0 aliphatic heterocycles. The standard InChI is InChI=1S/C8H10NS/c1-7-8(6-10-2)4-3-5-9-7/h3,5H,6H2,1-2H3. The zero-order chi connectivity index (χ0) is 7.40. The molecule has 1 aromatic heterocycles. The predicted molar refractivity (Wildman–Crippen MR) is 45.0 cm³/mol. The van der Waals surface area contributed by atoms with E-state index in [-0.39, 0.29) is 0 Å². The van der Waals surface area contributed by atoms with Crippen molar-refractivity contribution in [3.63, 3.8) is 0 Å². The highest BCUT2D eigenvalue weighted by molar-refractivity contribution is 7.97. The molecular formula is C8H10NS. The van der Waals surface area contributed by atoms with E-state index in [9.17, 15) is 0 Å². The molecular weight excluding hydrogens is 142 g/mol. The largest absolute Gasteiger partial charge is 0.261 e. The molecule has 0 aliphatic rings. The van der Waals surface area contributed by atoms with Gasteiger partial charge in [0.2, 0.25) is 0 Å². The van der Waals surface area contributed by atoms with Gasteiger partial charge in [-0.1, -0.05) is 0 Å². The molecule has 0 N–H and O–H groups in total. The van der Waals surface area contributed by atoms with Crippen LogP contribution in [0.5, 0.6) is 0 Å². The molecule has 0 fully saturated rings. The number of hydrogen-bond acceptors (Lipinski definition) is 2. The second-order valence-corrected chi connectivity index (χ2v) is 2.95. The first-order valence-corrected chi connectivity index (χ1v) is 4.55. The van der Waals surface area contributed by atoms with Gasteiger partial charge in [0.1, 0.15) is 0 Å². The fraction of sp³-hybridized carbons (Fsp3) is 0.375. The van der Waals surface area contributed by atoms with Gasteiger partial charge in [-0.2, -0.15) is 11.8 Å². The Balaban J connectivity index is 2.81. The first-order chi connectivity index (χ1) is 4.84. The lowest BCUT2D eigenvalue weighted by Gasteiger charge is -1.99. The predicted octanol–water partition coefficient (Wildman–Crippen LogP) is 2.05. The van der Waals surface area contributed by atoms with Crippen LogP contribution in [-0.4, -0.2) is 11.2 Å². The molecule has 1 radical (unpaired) electrons. The van der Waals surface area contributed by atoms with Crippen molar-refractivity contribution in [2.45, 2.75) is 12.7 Å². The van der Waals surface area contributed by atoms with E-state index in [2.05, 4.69) is 17.3 Å². The zero-order valence-corrected chi connectivity index (χ0v) is 7.03. The third-order valence-electron chi connectivity index (χ3n) is 1.33. The minimum Gasteiger partial charge on any atom is -0.261 e. The summed E-state index contributed by atoms with van der Waals surface area (Å²) in [6, 6.07) is 5.01. The Hall–Kier alpha value is -0.500. The lowest BCUT2D eigenvalue weighted by molar-refractivity contribution is 1.14. The maximum atomic E-state index is 4.15. The highest BCUT2D eigenvalue weighted by atomic mass is 32.2. The number of nitrogens with zero attached hydrogens (tertiary/aromatic N) is 1. The minimum atomic E-state index is 1.01. The minimum absolute atomic E-state index is 1.01. The Bertz CT molecular complexity index is 210. The average molecular weight is 152 g/mol. The van der Waals surface area contributed by atoms with Crippen LogP contribution < -0.4 is 0 Å². The molecule has 0 amide bonds. The van der Waals surface area contributed by atoms with Gasteiger partial charge in [-0.15, -0.1) is 0 Å². The fourth-order valence-electron chi connectivity index (χ4n) is 0.760. The summed E-state index contributed by atoms with van der Waals surface area (Å²) in [6.07, 6.45) is 3.86. The lowest BCUT2D eigenvalue weighted by atomic mass is 10.2. The van der Waals surface area contributed by atoms with E-state index >= 15 is 0 Å². The van der Waals surface area contributed by atoms with Crippen molar-refractivity contribution in [3.05, 3.63) is 29.6 Å². The second-order valence-electron chi connectivity index (χ2n) is 2.09. The number of hydrogen-bond donors (Lipinski definition) is 0. The van der Waals surface area contributed by atoms with E-state index < -0.39 is 0 Å². The van der Waals surface area contributed by atoms with Crippen LogP contribution in [0, 0.1) is 13.0 Å². The van der Waals surface area contributed by atoms with Crippen LogP contribution in [0.2, 0.25) is 0 Å². The first-order valence-electron chi connectivity index (χ1n) is 3.15. The van der Waals surface area contributed by atoms with Gasteiger partial charge >= 0.3 is 0 Å². The Morgan fingerprint density at radius 2 is 2.50 bits per heavy atom. The van der Waals surface area contributed by atoms with E-state index in [0.29, 0.717) is 0 Å². The molecule has 53 valence electrons. The maximum absolute atomic E-state index is 4.15. The molecule has 0 bridgehead atoms. The van der Waals surface area contributed by atoms with Gasteiger partial charge in [-0.05, 0) is 30.9 Å². The van der Waals surface area contributed by atoms with Gasteiger partial charge in [-0.25, -0.2) is 0 Å². The van der Waals surface area contributed by atoms with Crippen molar-refractivity contribution in [2.75, 3.05) is 6.26 Å². The van der Waals surface area contributed by atoms with E-state index in [1.807, 2.05) is 13.0 Å². The highest BCUT2D eigenvalue weighted by Gasteiger charge is 1.94. The van der Waals surface area contributed by atoms with Crippen molar-refractivity contribution in [1.82, 2.24) is 4.98 Å². The summed E-state index contributed by atoms with van der Waals surface area (Å²) < 4.78 is 0. The fourth-order valence-corrected chi connectivity index (χ4v) is 1.34. The maximum Gasteiger partial charge on any atom is 0.0419 e. The summed E-state index contributed by atoms with van der Waals surface area (Å²) in [5.74, 6) is 1.01. The molecule has 1 heterocycles. The molecule has 0 saturated heterocycles. The van der Waals surface area contributed by atoms with Crippen LogP contribution in [-0.2, 0) is 5.75 Å². The van der Waals surface area contributed by atoms with Crippen molar-refractivity contribution >= 4 is 11.8 Å². The summed E-state index contributed by atoms with van der Waals surface area (Å²) in [5, 5.41) is 0. The molecule has 1 aromatic rings. The number of aryl methyl sites for hydroxylation is 1. The van der Waals surface area contributed by atoms with Gasteiger partial charge in [0, 0.05) is 17.6 Å². The van der Waals surface area contributed by atoms with E-state index in [1.54, 1.807) is 18.0 Å². The molecule has 0 aromatic carbocycles. The average Bonchev–Trinajstić information content (AvgIpc) is 1.94. The topological polar surface area (TPSA) is 12.9 Å². The van der Waals surface area contributed by atoms with Crippen LogP contribution >= 0.6 is 11.8 Å². The molecule has 0 spiro atoms. The molecule has 0 saturated carbocycles. The van der Waals surface area contributed by atoms with Crippen molar-refractivity contribution < 1.29 is 0 Å². The van der Waals surface area contributed by atoms with E-state index in [1.165, 1.54) is 5.56 Å². The van der Waals surface area contributed by atoms with Crippen molar-refractivity contribution in [1.29, 1.82) is 0 Å². The van der Waals surface area contributed by atoms with Crippen LogP contribution in [0.1, 0.15) is 11.3 Å². The first kappa shape index (κ1) is 7.61. The SMILES string of the molecule is CSCc1[c]ccnc1C. The molecule has 0 atom stereocenters. The normalized spacial score (nSPS) is 9.80. The molecule has 1 nitrogen and oxygen atoms in total. The highest BCUT2D eigenvalue weighted by Crippen LogP contribution is 2.09. The summed E-state index contributed by atoms with van der Waals surface area (Å²) in [5.41, 5.74) is 2.31. The number of pyridine rings is 1. The summed E-state index contributed by atoms with van der Waals surface area (Å²) in [4.78, 5) is 4.15. The Labute approximate surface area is 65.9 Å². The van der Waals surface area contributed by atoms with E-state index in [4.69, 9.17) is 0 Å². The third-order valence-corrected chi connectivity index (χ3v) is 1.90. The summed E-state index contributed by atoms with van der Waals surface area (Å²) in [7, 11) is 0. The second kappa shape index (κ2) is 3.62. The monoisotopic (exact) mass is 152 g/mol. The number of thioether (sulfide) groups is 1. The molecule has 2 heteroatoms. The van der Waals surface area contributed by atoms with Crippen LogP contribution in [0.15, 0.2) is 12.3 Å². The smallest absolute Gasteiger partial charge is 0.0419 e. The Morgan fingerprint density at radius 1 is 1.70 bits per heavy atom. The van der Waals surface area contributed by atoms with Gasteiger partial charge in [-0.3, -0.25) is 4.98 Å². The summed E-state index contributed by atoms with van der Waals surface area (Å²) >= 11 is 1.80. The zero-order valence-electron chi connectivity index (χ0n) is 6.22. The van der Waals surface area contributed by atoms with Crippen LogP contribution in [0.25, 0.3) is 0 Å². The van der Waals surface area contributed by atoms with Crippen LogP contribution in [0.4, 0.5) is 0 Å². The Morgan fingerprint density at radius 3 is 3.10 bits per heavy atom. The quantitative estimate of drug-likeness (QED) is 0.643. The summed E-state index contributed by atoms with van der Waals surface area (Å²) in [6.45, 7) is 2.02. The molecule has 10 heavy (non-hydrogen) atoms. The van der Waals surface area contributed by atoms with Gasteiger partial charge in [0.25, 0.3) is 0 Å². The molecule has 0 aliphatic carbocycles. The van der Waals surface area contributed by atoms with Crippen molar-refractivity contribution in [2.24, 2.45) is 0 Å². The van der Waals surface area contributed by atoms with Crippen molar-refractivity contribution in [3.8, 4) is 0 Å². The van der Waals surface area contributed by atoms with Crippen LogP contribution in [0.3, 0.4) is 0 Å². The number of rotatable bonds is 2.